The van der Waals surface area contributed by atoms with Gasteiger partial charge in [0.1, 0.15) is 6.61 Å². The minimum absolute atomic E-state index is 0.209. The molecule has 0 saturated carbocycles. The highest BCUT2D eigenvalue weighted by atomic mass is 16.5. The van der Waals surface area contributed by atoms with E-state index in [2.05, 4.69) is 18.8 Å². The lowest BCUT2D eigenvalue weighted by Crippen LogP contribution is -2.08. The fraction of sp³-hybridized carbons (Fsp3) is 0.692. The Bertz CT molecular complexity index is 384. The lowest BCUT2D eigenvalue weighted by Gasteiger charge is -2.02. The molecule has 18 heavy (non-hydrogen) atoms. The molecule has 0 aromatic carbocycles. The van der Waals surface area contributed by atoms with E-state index >= 15 is 0 Å². The number of hydrogen-bond donors (Lipinski definition) is 0. The number of rotatable bonds is 7. The van der Waals surface area contributed by atoms with Gasteiger partial charge < -0.3 is 13.9 Å². The fourth-order valence-electron chi connectivity index (χ4n) is 1.53. The van der Waals surface area contributed by atoms with Crippen molar-refractivity contribution in [3.05, 3.63) is 17.3 Å². The van der Waals surface area contributed by atoms with Gasteiger partial charge in [-0.05, 0) is 26.2 Å². The summed E-state index contributed by atoms with van der Waals surface area (Å²) in [6, 6.07) is 0. The fourth-order valence-corrected chi connectivity index (χ4v) is 1.53. The van der Waals surface area contributed by atoms with Crippen molar-refractivity contribution in [2.24, 2.45) is 5.92 Å². The summed E-state index contributed by atoms with van der Waals surface area (Å²) in [6.45, 7) is 8.96. The SMILES string of the molecule is CCOCc1nc(CC(C)C)c(C(=O)OCC)o1. The van der Waals surface area contributed by atoms with Gasteiger partial charge in [-0.3, -0.25) is 0 Å². The number of carbonyl (C=O) groups excluding carboxylic acids is 1. The molecule has 0 aliphatic rings. The summed E-state index contributed by atoms with van der Waals surface area (Å²) in [5.41, 5.74) is 0.651. The minimum atomic E-state index is -0.455. The second-order valence-electron chi connectivity index (χ2n) is 4.34. The molecule has 0 fully saturated rings. The zero-order valence-corrected chi connectivity index (χ0v) is 11.5. The summed E-state index contributed by atoms with van der Waals surface area (Å²) in [6.07, 6.45) is 0.684. The first-order chi connectivity index (χ1) is 8.58. The van der Waals surface area contributed by atoms with E-state index in [4.69, 9.17) is 13.9 Å². The molecule has 0 aliphatic heterocycles. The van der Waals surface area contributed by atoms with Crippen LogP contribution in [0.15, 0.2) is 4.42 Å². The Labute approximate surface area is 107 Å². The van der Waals surface area contributed by atoms with Crippen molar-refractivity contribution in [1.82, 2.24) is 4.98 Å². The van der Waals surface area contributed by atoms with Crippen molar-refractivity contribution >= 4 is 5.97 Å². The quantitative estimate of drug-likeness (QED) is 0.701. The number of ether oxygens (including phenoxy) is 2. The number of nitrogens with zero attached hydrogens (tertiary/aromatic N) is 1. The van der Waals surface area contributed by atoms with Crippen molar-refractivity contribution in [2.45, 2.75) is 40.7 Å². The van der Waals surface area contributed by atoms with Crippen molar-refractivity contribution in [2.75, 3.05) is 13.2 Å². The van der Waals surface area contributed by atoms with E-state index in [0.717, 1.165) is 0 Å². The summed E-state index contributed by atoms with van der Waals surface area (Å²) < 4.78 is 15.6. The largest absolute Gasteiger partial charge is 0.460 e. The first kappa shape index (κ1) is 14.7. The molecule has 0 radical (unpaired) electrons. The molecule has 0 amide bonds. The number of oxazole rings is 1. The molecule has 1 aromatic heterocycles. The maximum absolute atomic E-state index is 11.7. The molecule has 0 atom stereocenters. The summed E-state index contributed by atoms with van der Waals surface area (Å²) >= 11 is 0. The van der Waals surface area contributed by atoms with Gasteiger partial charge in [-0.2, -0.15) is 0 Å². The zero-order valence-electron chi connectivity index (χ0n) is 11.5. The van der Waals surface area contributed by atoms with Crippen LogP contribution in [-0.2, 0) is 22.5 Å². The van der Waals surface area contributed by atoms with Crippen molar-refractivity contribution in [3.63, 3.8) is 0 Å². The van der Waals surface area contributed by atoms with Crippen LogP contribution in [0, 0.1) is 5.92 Å². The average Bonchev–Trinajstić information content (AvgIpc) is 2.69. The molecule has 0 bridgehead atoms. The third kappa shape index (κ3) is 4.14. The summed E-state index contributed by atoms with van der Waals surface area (Å²) in [4.78, 5) is 16.0. The topological polar surface area (TPSA) is 61.6 Å². The standard InChI is InChI=1S/C13H21NO4/c1-5-16-8-11-14-10(7-9(3)4)12(18-11)13(15)17-6-2/h9H,5-8H2,1-4H3. The van der Waals surface area contributed by atoms with Gasteiger partial charge in [-0.25, -0.2) is 9.78 Å². The smallest absolute Gasteiger partial charge is 0.376 e. The Hall–Kier alpha value is -1.36. The van der Waals surface area contributed by atoms with E-state index < -0.39 is 5.97 Å². The predicted molar refractivity (Wildman–Crippen MR) is 66.3 cm³/mol. The van der Waals surface area contributed by atoms with Crippen LogP contribution in [0.1, 0.15) is 49.8 Å². The molecule has 102 valence electrons. The third-order valence-electron chi connectivity index (χ3n) is 2.23. The van der Waals surface area contributed by atoms with E-state index in [1.807, 2.05) is 6.92 Å². The molecule has 0 aliphatic carbocycles. The van der Waals surface area contributed by atoms with Crippen LogP contribution in [0.5, 0.6) is 0 Å². The Kier molecular flexibility index (Phi) is 5.85. The molecule has 0 N–H and O–H groups in total. The maximum atomic E-state index is 11.7. The first-order valence-electron chi connectivity index (χ1n) is 6.31. The zero-order chi connectivity index (χ0) is 13.5. The average molecular weight is 255 g/mol. The molecular weight excluding hydrogens is 234 g/mol. The molecule has 0 saturated heterocycles. The highest BCUT2D eigenvalue weighted by Gasteiger charge is 2.21. The molecule has 5 heteroatoms. The van der Waals surface area contributed by atoms with Crippen LogP contribution in [0.2, 0.25) is 0 Å². The normalized spacial score (nSPS) is 10.9. The third-order valence-corrected chi connectivity index (χ3v) is 2.23. The first-order valence-corrected chi connectivity index (χ1v) is 6.31. The van der Waals surface area contributed by atoms with Crippen LogP contribution < -0.4 is 0 Å². The summed E-state index contributed by atoms with van der Waals surface area (Å²) in [5, 5.41) is 0. The van der Waals surface area contributed by atoms with E-state index in [9.17, 15) is 4.79 Å². The Morgan fingerprint density at radius 2 is 2.06 bits per heavy atom. The summed E-state index contributed by atoms with van der Waals surface area (Å²) in [5.74, 6) is 0.572. The predicted octanol–water partition coefficient (Wildman–Crippen LogP) is 2.59. The van der Waals surface area contributed by atoms with Crippen molar-refractivity contribution in [1.29, 1.82) is 0 Å². The van der Waals surface area contributed by atoms with Crippen molar-refractivity contribution < 1.29 is 18.7 Å². The van der Waals surface area contributed by atoms with Crippen LogP contribution in [0.3, 0.4) is 0 Å². The second kappa shape index (κ2) is 7.16. The van der Waals surface area contributed by atoms with E-state index in [-0.39, 0.29) is 12.4 Å². The lowest BCUT2D eigenvalue weighted by atomic mass is 10.1. The van der Waals surface area contributed by atoms with E-state index in [1.165, 1.54) is 0 Å². The van der Waals surface area contributed by atoms with Crippen molar-refractivity contribution in [3.8, 4) is 0 Å². The van der Waals surface area contributed by atoms with Gasteiger partial charge in [0.2, 0.25) is 11.7 Å². The number of esters is 1. The highest BCUT2D eigenvalue weighted by molar-refractivity contribution is 5.87. The number of hydrogen-bond acceptors (Lipinski definition) is 5. The van der Waals surface area contributed by atoms with Crippen LogP contribution in [-0.4, -0.2) is 24.2 Å². The van der Waals surface area contributed by atoms with Crippen LogP contribution in [0.4, 0.5) is 0 Å². The van der Waals surface area contributed by atoms with E-state index in [0.29, 0.717) is 37.1 Å². The number of carbonyl (C=O) groups is 1. The second-order valence-corrected chi connectivity index (χ2v) is 4.34. The molecule has 1 rings (SSSR count). The van der Waals surface area contributed by atoms with Gasteiger partial charge >= 0.3 is 5.97 Å². The molecule has 1 aromatic rings. The molecule has 0 spiro atoms. The minimum Gasteiger partial charge on any atom is -0.460 e. The molecule has 1 heterocycles. The van der Waals surface area contributed by atoms with Gasteiger partial charge in [-0.15, -0.1) is 0 Å². The Morgan fingerprint density at radius 3 is 2.61 bits per heavy atom. The van der Waals surface area contributed by atoms with Gasteiger partial charge in [0.15, 0.2) is 0 Å². The Balaban J connectivity index is 2.89. The monoisotopic (exact) mass is 255 g/mol. The van der Waals surface area contributed by atoms with Crippen LogP contribution in [0.25, 0.3) is 0 Å². The molecule has 5 nitrogen and oxygen atoms in total. The summed E-state index contributed by atoms with van der Waals surface area (Å²) in [7, 11) is 0. The van der Waals surface area contributed by atoms with Gasteiger partial charge in [-0.1, -0.05) is 13.8 Å². The van der Waals surface area contributed by atoms with Crippen LogP contribution >= 0.6 is 0 Å². The maximum Gasteiger partial charge on any atom is 0.376 e. The van der Waals surface area contributed by atoms with E-state index in [1.54, 1.807) is 6.92 Å². The molecule has 0 unspecified atom stereocenters. The van der Waals surface area contributed by atoms with Gasteiger partial charge in [0, 0.05) is 6.61 Å². The lowest BCUT2D eigenvalue weighted by molar-refractivity contribution is 0.0478. The van der Waals surface area contributed by atoms with Gasteiger partial charge in [0.05, 0.1) is 12.3 Å². The van der Waals surface area contributed by atoms with Gasteiger partial charge in [0.25, 0.3) is 0 Å². The highest BCUT2D eigenvalue weighted by Crippen LogP contribution is 2.17. The molecular formula is C13H21NO4. The number of aromatic nitrogens is 1. The Morgan fingerprint density at radius 1 is 1.33 bits per heavy atom.